The van der Waals surface area contributed by atoms with Crippen molar-refractivity contribution in [3.63, 3.8) is 0 Å². The van der Waals surface area contributed by atoms with E-state index in [1.165, 1.54) is 14.0 Å². The Morgan fingerprint density at radius 1 is 1.13 bits per heavy atom. The summed E-state index contributed by atoms with van der Waals surface area (Å²) in [6, 6.07) is -0.983. The Labute approximate surface area is 235 Å². The molecular formula is C24H45FN3O9PS. The Morgan fingerprint density at radius 3 is 2.15 bits per heavy atom. The maximum atomic E-state index is 13.0. The first-order valence-electron chi connectivity index (χ1n) is 12.1. The van der Waals surface area contributed by atoms with Gasteiger partial charge in [-0.25, -0.2) is 14.0 Å². The molecule has 0 bridgehead atoms. The second-order valence-corrected chi connectivity index (χ2v) is 12.6. The fourth-order valence-electron chi connectivity index (χ4n) is 2.21. The van der Waals surface area contributed by atoms with Gasteiger partial charge < -0.3 is 14.4 Å². The number of halogens is 1. The number of carbonyl (C=O) groups excluding carboxylic acids is 4. The van der Waals surface area contributed by atoms with Gasteiger partial charge in [-0.3, -0.25) is 33.5 Å². The SMILES string of the molecule is C/C(=C/N(C)C)C(=O)NC=O.COC(CF)COP(=O)(NC(C)C(=O)OC(C)C)OCCSC(=O)C(C)(C)C. The number of esters is 1. The van der Waals surface area contributed by atoms with Crippen LogP contribution >= 0.6 is 19.5 Å². The van der Waals surface area contributed by atoms with E-state index in [0.29, 0.717) is 12.0 Å². The van der Waals surface area contributed by atoms with Crippen molar-refractivity contribution >= 4 is 42.9 Å². The van der Waals surface area contributed by atoms with Gasteiger partial charge in [0.25, 0.3) is 5.91 Å². The molecule has 228 valence electrons. The van der Waals surface area contributed by atoms with E-state index in [1.54, 1.807) is 66.7 Å². The normalized spacial score (nSPS) is 14.8. The molecule has 3 atom stereocenters. The van der Waals surface area contributed by atoms with Gasteiger partial charge in [0.2, 0.25) is 6.41 Å². The molecule has 0 radical (unpaired) electrons. The zero-order valence-corrected chi connectivity index (χ0v) is 26.3. The Hall–Kier alpha value is -1.83. The molecule has 2 amide bonds. The number of methoxy groups -OCH3 is 1. The van der Waals surface area contributed by atoms with Crippen molar-refractivity contribution in [2.45, 2.75) is 66.7 Å². The third kappa shape index (κ3) is 19.8. The van der Waals surface area contributed by atoms with Crippen LogP contribution in [-0.4, -0.2) is 93.4 Å². The first-order valence-corrected chi connectivity index (χ1v) is 14.7. The van der Waals surface area contributed by atoms with E-state index >= 15 is 0 Å². The molecule has 2 N–H and O–H groups in total. The largest absolute Gasteiger partial charge is 0.462 e. The minimum atomic E-state index is -3.98. The maximum Gasteiger partial charge on any atom is 0.406 e. The fraction of sp³-hybridized carbons (Fsp3) is 0.750. The van der Waals surface area contributed by atoms with Crippen LogP contribution in [0.4, 0.5) is 4.39 Å². The molecule has 0 heterocycles. The zero-order valence-electron chi connectivity index (χ0n) is 24.6. The van der Waals surface area contributed by atoms with Gasteiger partial charge in [-0.2, -0.15) is 0 Å². The molecule has 0 saturated heterocycles. The number of rotatable bonds is 16. The van der Waals surface area contributed by atoms with Crippen molar-refractivity contribution in [2.24, 2.45) is 5.41 Å². The van der Waals surface area contributed by atoms with Crippen LogP contribution in [0.15, 0.2) is 11.8 Å². The van der Waals surface area contributed by atoms with Gasteiger partial charge in [-0.15, -0.1) is 0 Å². The first kappa shape index (κ1) is 39.3. The van der Waals surface area contributed by atoms with Gasteiger partial charge in [0.1, 0.15) is 18.8 Å². The van der Waals surface area contributed by atoms with Crippen LogP contribution < -0.4 is 10.4 Å². The second kappa shape index (κ2) is 20.1. The molecule has 0 aliphatic carbocycles. The highest BCUT2D eigenvalue weighted by Gasteiger charge is 2.32. The number of hydrogen-bond acceptors (Lipinski definition) is 11. The highest BCUT2D eigenvalue weighted by Crippen LogP contribution is 2.44. The molecule has 0 aliphatic heterocycles. The summed E-state index contributed by atoms with van der Waals surface area (Å²) in [7, 11) is 0.927. The van der Waals surface area contributed by atoms with Crippen LogP contribution in [0.3, 0.4) is 0 Å². The van der Waals surface area contributed by atoms with Crippen molar-refractivity contribution in [1.29, 1.82) is 0 Å². The number of imide groups is 1. The molecular weight excluding hydrogens is 556 g/mol. The minimum absolute atomic E-state index is 0.0365. The molecule has 0 aliphatic rings. The Balaban J connectivity index is 0. The van der Waals surface area contributed by atoms with Gasteiger partial charge in [-0.05, 0) is 27.7 Å². The number of alkyl halides is 1. The average molecular weight is 602 g/mol. The summed E-state index contributed by atoms with van der Waals surface area (Å²) in [6.07, 6.45) is 0.740. The quantitative estimate of drug-likeness (QED) is 0.0880. The van der Waals surface area contributed by atoms with Crippen molar-refractivity contribution in [3.8, 4) is 0 Å². The standard InChI is InChI=1S/C17H33FNO7PS.C7H12N2O2/c1-12(2)26-15(20)13(3)19-27(22,25-11-14(10-18)23-7)24-8-9-28-16(21)17(4,5)6;1-6(4-9(2)3)7(11)8-5-10/h12-14H,8-11H2,1-7H3,(H,19,22);4-5H,1-3H3,(H,8,10,11)/b;6-4-. The first-order chi connectivity index (χ1) is 17.9. The van der Waals surface area contributed by atoms with Crippen LogP contribution in [0.25, 0.3) is 0 Å². The van der Waals surface area contributed by atoms with E-state index in [1.807, 2.05) is 5.32 Å². The van der Waals surface area contributed by atoms with Gasteiger partial charge in [0.15, 0.2) is 5.12 Å². The molecule has 12 nitrogen and oxygen atoms in total. The van der Waals surface area contributed by atoms with Crippen LogP contribution in [0.1, 0.15) is 48.5 Å². The van der Waals surface area contributed by atoms with E-state index in [-0.39, 0.29) is 36.1 Å². The Kier molecular flexibility index (Phi) is 20.3. The Morgan fingerprint density at radius 2 is 1.72 bits per heavy atom. The highest BCUT2D eigenvalue weighted by molar-refractivity contribution is 8.13. The summed E-state index contributed by atoms with van der Waals surface area (Å²) in [5, 5.41) is 4.48. The van der Waals surface area contributed by atoms with Gasteiger partial charge in [-0.1, -0.05) is 32.5 Å². The molecule has 0 fully saturated rings. The molecule has 0 saturated carbocycles. The number of carbonyl (C=O) groups is 4. The molecule has 0 spiro atoms. The monoisotopic (exact) mass is 601 g/mol. The number of nitrogens with zero attached hydrogens (tertiary/aromatic N) is 1. The highest BCUT2D eigenvalue weighted by atomic mass is 32.2. The summed E-state index contributed by atoms with van der Waals surface area (Å²) in [4.78, 5) is 46.3. The van der Waals surface area contributed by atoms with E-state index in [2.05, 4.69) is 5.09 Å². The summed E-state index contributed by atoms with van der Waals surface area (Å²) >= 11 is 1.05. The van der Waals surface area contributed by atoms with Crippen LogP contribution in [0, 0.1) is 5.41 Å². The lowest BCUT2D eigenvalue weighted by Gasteiger charge is -2.24. The van der Waals surface area contributed by atoms with Crippen molar-refractivity contribution in [2.75, 3.05) is 46.8 Å². The smallest absolute Gasteiger partial charge is 0.406 e. The summed E-state index contributed by atoms with van der Waals surface area (Å²) in [5.41, 5.74) is -0.00694. The molecule has 15 heteroatoms. The average Bonchev–Trinajstić information content (AvgIpc) is 2.81. The fourth-order valence-corrected chi connectivity index (χ4v) is 4.62. The lowest BCUT2D eigenvalue weighted by molar-refractivity contribution is -0.149. The topological polar surface area (TPSA) is 150 Å². The van der Waals surface area contributed by atoms with E-state index in [4.69, 9.17) is 18.5 Å². The third-order valence-corrected chi connectivity index (χ3v) is 7.14. The lowest BCUT2D eigenvalue weighted by atomic mass is 10.00. The van der Waals surface area contributed by atoms with E-state index in [0.717, 1.165) is 11.8 Å². The molecule has 0 aromatic rings. The molecule has 0 aromatic heterocycles. The predicted octanol–water partition coefficient (Wildman–Crippen LogP) is 3.07. The second-order valence-electron chi connectivity index (χ2n) is 9.73. The van der Waals surface area contributed by atoms with Gasteiger partial charge >= 0.3 is 13.7 Å². The van der Waals surface area contributed by atoms with E-state index in [9.17, 15) is 28.1 Å². The number of nitrogens with one attached hydrogen (secondary N) is 2. The number of amides is 2. The van der Waals surface area contributed by atoms with Gasteiger partial charge in [0.05, 0.1) is 19.3 Å². The maximum absolute atomic E-state index is 13.0. The minimum Gasteiger partial charge on any atom is -0.462 e. The summed E-state index contributed by atoms with van der Waals surface area (Å²) in [5.74, 6) is -0.755. The molecule has 39 heavy (non-hydrogen) atoms. The lowest BCUT2D eigenvalue weighted by Crippen LogP contribution is -2.36. The Bertz CT molecular complexity index is 847. The van der Waals surface area contributed by atoms with Gasteiger partial charge in [0, 0.05) is 44.1 Å². The number of hydrogen-bond donors (Lipinski definition) is 2. The molecule has 3 unspecified atom stereocenters. The summed E-state index contributed by atoms with van der Waals surface area (Å²) in [6.45, 7) is 10.6. The van der Waals surface area contributed by atoms with Crippen LogP contribution in [0.2, 0.25) is 0 Å². The van der Waals surface area contributed by atoms with E-state index < -0.39 is 38.0 Å². The molecule has 0 aromatic carbocycles. The number of ether oxygens (including phenoxy) is 2. The van der Waals surface area contributed by atoms with Crippen LogP contribution in [0.5, 0.6) is 0 Å². The third-order valence-electron chi connectivity index (χ3n) is 4.18. The molecule has 0 rings (SSSR count). The van der Waals surface area contributed by atoms with Crippen molar-refractivity contribution in [3.05, 3.63) is 11.8 Å². The van der Waals surface area contributed by atoms with Crippen molar-refractivity contribution < 1.29 is 46.7 Å². The zero-order chi connectivity index (χ0) is 30.8. The van der Waals surface area contributed by atoms with Crippen LogP contribution in [-0.2, 0) is 42.3 Å². The number of thioether (sulfide) groups is 1. The van der Waals surface area contributed by atoms with Crippen molar-refractivity contribution in [1.82, 2.24) is 15.3 Å². The predicted molar refractivity (Wildman–Crippen MR) is 149 cm³/mol. The summed E-state index contributed by atoms with van der Waals surface area (Å²) < 4.78 is 46.2.